The Morgan fingerprint density at radius 1 is 1.28 bits per heavy atom. The maximum absolute atomic E-state index is 13.8. The molecular formula is C25H25F4N3O3S. The minimum atomic E-state index is -4.70. The van der Waals surface area contributed by atoms with Gasteiger partial charge in [-0.15, -0.1) is 11.3 Å². The number of aryl methyl sites for hydroxylation is 1. The molecular weight excluding hydrogens is 498 g/mol. The summed E-state index contributed by atoms with van der Waals surface area (Å²) >= 11 is 1.33. The Morgan fingerprint density at radius 3 is 2.81 bits per heavy atom. The number of hydrogen-bond acceptors (Lipinski definition) is 6. The van der Waals surface area contributed by atoms with Gasteiger partial charge in [-0.05, 0) is 56.4 Å². The van der Waals surface area contributed by atoms with Gasteiger partial charge in [-0.1, -0.05) is 0 Å². The van der Waals surface area contributed by atoms with E-state index in [2.05, 4.69) is 9.97 Å². The smallest absolute Gasteiger partial charge is 0.353 e. The largest absolute Gasteiger partial charge is 0.433 e. The Labute approximate surface area is 209 Å². The molecule has 0 saturated carbocycles. The molecule has 2 aliphatic heterocycles. The van der Waals surface area contributed by atoms with Gasteiger partial charge in [0.1, 0.15) is 11.9 Å². The summed E-state index contributed by atoms with van der Waals surface area (Å²) in [6, 6.07) is 4.26. The van der Waals surface area contributed by atoms with Gasteiger partial charge in [0, 0.05) is 29.8 Å². The van der Waals surface area contributed by atoms with Crippen LogP contribution >= 0.6 is 11.3 Å². The molecule has 2 fully saturated rings. The first-order valence-electron chi connectivity index (χ1n) is 11.8. The summed E-state index contributed by atoms with van der Waals surface area (Å²) in [5.74, 6) is -0.525. The topological polar surface area (TPSA) is 64.6 Å². The average molecular weight is 524 g/mol. The summed E-state index contributed by atoms with van der Waals surface area (Å²) < 4.78 is 67.0. The lowest BCUT2D eigenvalue weighted by atomic mass is 9.99. The molecule has 2 saturated heterocycles. The highest BCUT2D eigenvalue weighted by Crippen LogP contribution is 2.39. The normalized spacial score (nSPS) is 20.9. The lowest BCUT2D eigenvalue weighted by Crippen LogP contribution is -2.30. The van der Waals surface area contributed by atoms with Crippen molar-refractivity contribution in [1.82, 2.24) is 14.9 Å². The van der Waals surface area contributed by atoms with Crippen LogP contribution in [0.1, 0.15) is 52.2 Å². The fraction of sp³-hybridized carbons (Fsp3) is 0.480. The van der Waals surface area contributed by atoms with E-state index in [1.807, 2.05) is 6.07 Å². The second-order valence-corrected chi connectivity index (χ2v) is 10.2. The second kappa shape index (κ2) is 10.0. The molecule has 36 heavy (non-hydrogen) atoms. The number of thiophene rings is 1. The number of hydrogen-bond donors (Lipinski definition) is 0. The van der Waals surface area contributed by atoms with E-state index in [9.17, 15) is 22.4 Å². The van der Waals surface area contributed by atoms with Gasteiger partial charge in [-0.2, -0.15) is 13.2 Å². The van der Waals surface area contributed by atoms with E-state index in [4.69, 9.17) is 9.47 Å². The van der Waals surface area contributed by atoms with Gasteiger partial charge in [0.2, 0.25) is 0 Å². The van der Waals surface area contributed by atoms with Gasteiger partial charge < -0.3 is 14.4 Å². The van der Waals surface area contributed by atoms with Crippen LogP contribution in [0.15, 0.2) is 24.4 Å². The number of carbonyl (C=O) groups is 1. The molecule has 0 aliphatic carbocycles. The molecule has 2 aliphatic rings. The number of rotatable bonds is 5. The summed E-state index contributed by atoms with van der Waals surface area (Å²) in [6.45, 7) is 2.49. The highest BCUT2D eigenvalue weighted by atomic mass is 32.1. The fourth-order valence-electron chi connectivity index (χ4n) is 4.61. The Kier molecular flexibility index (Phi) is 6.97. The number of halogens is 4. The number of aromatic nitrogens is 2. The standard InChI is InChI=1S/C25H25F4N3O3S/c1-14-10-19(25(27,28)29)31-22(21(14)24(33)32-8-6-15(26)12-32)17-5-7-30-18-11-16(36-23(17)18)13-35-20-4-2-3-9-34-20/h5,7,10-11,15,20H,2-4,6,8-9,12-13H2,1H3. The van der Waals surface area contributed by atoms with Crippen LogP contribution in [0.2, 0.25) is 0 Å². The van der Waals surface area contributed by atoms with Crippen molar-refractivity contribution in [2.24, 2.45) is 0 Å². The lowest BCUT2D eigenvalue weighted by Gasteiger charge is -2.22. The van der Waals surface area contributed by atoms with Gasteiger partial charge in [-0.3, -0.25) is 9.78 Å². The molecule has 11 heteroatoms. The first-order valence-corrected chi connectivity index (χ1v) is 12.7. The molecule has 5 heterocycles. The highest BCUT2D eigenvalue weighted by Gasteiger charge is 2.36. The van der Waals surface area contributed by atoms with Gasteiger partial charge in [0.05, 0.1) is 34.6 Å². The molecule has 0 N–H and O–H groups in total. The maximum atomic E-state index is 13.8. The zero-order valence-electron chi connectivity index (χ0n) is 19.6. The number of amides is 1. The van der Waals surface area contributed by atoms with Crippen molar-refractivity contribution >= 4 is 27.5 Å². The van der Waals surface area contributed by atoms with Crippen LogP contribution in [-0.4, -0.2) is 52.9 Å². The van der Waals surface area contributed by atoms with Crippen LogP contribution in [-0.2, 0) is 22.3 Å². The van der Waals surface area contributed by atoms with Gasteiger partial charge in [0.15, 0.2) is 6.29 Å². The number of likely N-dealkylation sites (tertiary alicyclic amines) is 1. The Balaban J connectivity index is 1.56. The van der Waals surface area contributed by atoms with Crippen LogP contribution in [0.25, 0.3) is 21.5 Å². The number of carbonyl (C=O) groups excluding carboxylic acids is 1. The molecule has 0 bridgehead atoms. The molecule has 6 nitrogen and oxygen atoms in total. The summed E-state index contributed by atoms with van der Waals surface area (Å²) in [7, 11) is 0. The van der Waals surface area contributed by atoms with Crippen molar-refractivity contribution in [1.29, 1.82) is 0 Å². The second-order valence-electron chi connectivity index (χ2n) is 9.08. The first-order chi connectivity index (χ1) is 17.2. The molecule has 3 aromatic heterocycles. The van der Waals surface area contributed by atoms with Crippen molar-refractivity contribution in [3.63, 3.8) is 0 Å². The van der Waals surface area contributed by atoms with Crippen LogP contribution in [0.3, 0.4) is 0 Å². The maximum Gasteiger partial charge on any atom is 0.433 e. The third kappa shape index (κ3) is 5.09. The molecule has 192 valence electrons. The lowest BCUT2D eigenvalue weighted by molar-refractivity contribution is -0.168. The predicted molar refractivity (Wildman–Crippen MR) is 126 cm³/mol. The van der Waals surface area contributed by atoms with Crippen LogP contribution in [0.4, 0.5) is 17.6 Å². The SMILES string of the molecule is Cc1cc(C(F)(F)F)nc(-c2ccnc3cc(COC4CCCCO4)sc23)c1C(=O)N1CCC(F)C1. The van der Waals surface area contributed by atoms with Gasteiger partial charge in [0.25, 0.3) is 5.91 Å². The quantitative estimate of drug-likeness (QED) is 0.389. The molecule has 1 amide bonds. The minimum absolute atomic E-state index is 0.0476. The third-order valence-corrected chi connectivity index (χ3v) is 7.54. The summed E-state index contributed by atoms with van der Waals surface area (Å²) in [5, 5.41) is 0. The molecule has 2 atom stereocenters. The number of alkyl halides is 4. The van der Waals surface area contributed by atoms with Crippen molar-refractivity contribution in [3.05, 3.63) is 46.1 Å². The van der Waals surface area contributed by atoms with Crippen molar-refractivity contribution in [3.8, 4) is 11.3 Å². The predicted octanol–water partition coefficient (Wildman–Crippen LogP) is 5.91. The average Bonchev–Trinajstić information content (AvgIpc) is 3.47. The molecule has 3 aromatic rings. The Hall–Kier alpha value is -2.63. The van der Waals surface area contributed by atoms with Crippen molar-refractivity contribution in [2.45, 2.75) is 57.9 Å². The van der Waals surface area contributed by atoms with E-state index in [0.29, 0.717) is 22.4 Å². The third-order valence-electron chi connectivity index (χ3n) is 6.41. The first kappa shape index (κ1) is 25.0. The minimum Gasteiger partial charge on any atom is -0.353 e. The fourth-order valence-corrected chi connectivity index (χ4v) is 5.66. The molecule has 0 aromatic carbocycles. The van der Waals surface area contributed by atoms with E-state index in [1.54, 1.807) is 6.07 Å². The van der Waals surface area contributed by atoms with Crippen molar-refractivity contribution < 1.29 is 31.8 Å². The number of nitrogens with zero attached hydrogens (tertiary/aromatic N) is 3. The van der Waals surface area contributed by atoms with Gasteiger partial charge >= 0.3 is 6.18 Å². The highest BCUT2D eigenvalue weighted by molar-refractivity contribution is 7.19. The van der Waals surface area contributed by atoms with Gasteiger partial charge in [-0.25, -0.2) is 9.37 Å². The molecule has 0 spiro atoms. The molecule has 2 unspecified atom stereocenters. The molecule has 5 rings (SSSR count). The van der Waals surface area contributed by atoms with E-state index in [0.717, 1.165) is 30.2 Å². The zero-order chi connectivity index (χ0) is 25.4. The zero-order valence-corrected chi connectivity index (χ0v) is 20.4. The number of ether oxygens (including phenoxy) is 2. The summed E-state index contributed by atoms with van der Waals surface area (Å²) in [6.07, 6.45) is -1.60. The van der Waals surface area contributed by atoms with Crippen LogP contribution in [0, 0.1) is 6.92 Å². The Morgan fingerprint density at radius 2 is 2.11 bits per heavy atom. The number of fused-ring (bicyclic) bond motifs is 1. The Bertz CT molecular complexity index is 1270. The van der Waals surface area contributed by atoms with Crippen LogP contribution in [0.5, 0.6) is 0 Å². The monoisotopic (exact) mass is 523 g/mol. The van der Waals surface area contributed by atoms with Crippen LogP contribution < -0.4 is 0 Å². The van der Waals surface area contributed by atoms with E-state index < -0.39 is 23.9 Å². The van der Waals surface area contributed by atoms with Crippen molar-refractivity contribution in [2.75, 3.05) is 19.7 Å². The summed E-state index contributed by atoms with van der Waals surface area (Å²) in [4.78, 5) is 23.8. The summed E-state index contributed by atoms with van der Waals surface area (Å²) in [5.41, 5.74) is -0.0342. The van der Waals surface area contributed by atoms with E-state index in [-0.39, 0.29) is 49.2 Å². The number of pyridine rings is 2. The molecule has 0 radical (unpaired) electrons. The van der Waals surface area contributed by atoms with E-state index in [1.165, 1.54) is 29.4 Å². The van der Waals surface area contributed by atoms with E-state index >= 15 is 0 Å².